The number of allylic oxidation sites excluding steroid dienone is 16. The lowest BCUT2D eigenvalue weighted by atomic mass is 10.1. The SMILES string of the molecule is CC/C=C\C/C=C\C/C=C\C/C=C\C/C=C\C/C=C\CCCCCCCCC(=O)OCC(COC(=O)CCCCCCCCCCC)OC(=O)CCCCCCCCC/C=C\C/C=C\CCCCCC. The summed E-state index contributed by atoms with van der Waals surface area (Å²) in [6.45, 7) is 6.48. The molecule has 70 heavy (non-hydrogen) atoms. The van der Waals surface area contributed by atoms with Crippen LogP contribution in [0.3, 0.4) is 0 Å². The summed E-state index contributed by atoms with van der Waals surface area (Å²) >= 11 is 0. The third kappa shape index (κ3) is 55.3. The van der Waals surface area contributed by atoms with Gasteiger partial charge in [0.25, 0.3) is 0 Å². The number of carbonyl (C=O) groups excluding carboxylic acids is 3. The van der Waals surface area contributed by atoms with E-state index < -0.39 is 6.10 Å². The monoisotopic (exact) mass is 973 g/mol. The zero-order valence-electron chi connectivity index (χ0n) is 45.8. The minimum absolute atomic E-state index is 0.0845. The molecule has 0 aromatic rings. The fourth-order valence-corrected chi connectivity index (χ4v) is 7.95. The van der Waals surface area contributed by atoms with Gasteiger partial charge in [0, 0.05) is 19.3 Å². The molecule has 0 heterocycles. The lowest BCUT2D eigenvalue weighted by Crippen LogP contribution is -2.30. The predicted octanol–water partition coefficient (Wildman–Crippen LogP) is 19.7. The maximum absolute atomic E-state index is 12.8. The number of unbranched alkanes of at least 4 members (excludes halogenated alkanes) is 25. The molecule has 400 valence electrons. The Kier molecular flexibility index (Phi) is 54.9. The van der Waals surface area contributed by atoms with Crippen molar-refractivity contribution in [2.75, 3.05) is 13.2 Å². The van der Waals surface area contributed by atoms with Gasteiger partial charge in [-0.3, -0.25) is 14.4 Å². The second-order valence-corrected chi connectivity index (χ2v) is 19.2. The van der Waals surface area contributed by atoms with Crippen LogP contribution in [0.1, 0.15) is 271 Å². The summed E-state index contributed by atoms with van der Waals surface area (Å²) in [6, 6.07) is 0. The average molecular weight is 974 g/mol. The Balaban J connectivity index is 4.31. The first kappa shape index (κ1) is 66.3. The quantitative estimate of drug-likeness (QED) is 0.0262. The van der Waals surface area contributed by atoms with Crippen molar-refractivity contribution in [2.24, 2.45) is 0 Å². The first-order chi connectivity index (χ1) is 34.5. The predicted molar refractivity (Wildman–Crippen MR) is 302 cm³/mol. The highest BCUT2D eigenvalue weighted by Gasteiger charge is 2.19. The molecule has 0 aliphatic carbocycles. The maximum atomic E-state index is 12.8. The van der Waals surface area contributed by atoms with Crippen LogP contribution in [-0.2, 0) is 28.6 Å². The Bertz CT molecular complexity index is 1400. The summed E-state index contributed by atoms with van der Waals surface area (Å²) in [7, 11) is 0. The number of carbonyl (C=O) groups is 3. The Hall–Kier alpha value is -3.67. The van der Waals surface area contributed by atoms with E-state index >= 15 is 0 Å². The van der Waals surface area contributed by atoms with E-state index in [1.165, 1.54) is 109 Å². The third-order valence-electron chi connectivity index (χ3n) is 12.3. The maximum Gasteiger partial charge on any atom is 0.306 e. The standard InChI is InChI=1S/C64H108O6/c1-4-7-10-13-16-19-21-23-25-27-29-30-31-32-33-34-35-37-38-40-42-45-48-51-54-57-63(66)69-60-61(59-68-62(65)56-53-50-47-44-18-15-12-9-6-3)70-64(67)58-55-52-49-46-43-41-39-36-28-26-24-22-20-17-14-11-8-5-2/h7,10,16,19-20,22-23,25-26,28-30,32-33,35,37,61H,4-6,8-9,11-15,17-18,21,24,27,31,34,36,38-60H2,1-3H3/b10-7-,19-16-,22-20-,25-23-,28-26-,30-29-,33-32-,37-35-. The van der Waals surface area contributed by atoms with E-state index in [0.717, 1.165) is 122 Å². The van der Waals surface area contributed by atoms with Crippen molar-refractivity contribution in [3.8, 4) is 0 Å². The summed E-state index contributed by atoms with van der Waals surface area (Å²) < 4.78 is 16.8. The molecule has 0 bridgehead atoms. The van der Waals surface area contributed by atoms with Crippen LogP contribution >= 0.6 is 0 Å². The van der Waals surface area contributed by atoms with Crippen LogP contribution in [0.15, 0.2) is 97.2 Å². The molecule has 6 heteroatoms. The van der Waals surface area contributed by atoms with Gasteiger partial charge in [-0.1, -0.05) is 246 Å². The Morgan fingerprint density at radius 3 is 0.886 bits per heavy atom. The lowest BCUT2D eigenvalue weighted by Gasteiger charge is -2.18. The molecule has 0 saturated heterocycles. The zero-order chi connectivity index (χ0) is 50.7. The van der Waals surface area contributed by atoms with E-state index in [1.54, 1.807) is 0 Å². The number of hydrogen-bond acceptors (Lipinski definition) is 6. The van der Waals surface area contributed by atoms with E-state index in [2.05, 4.69) is 118 Å². The van der Waals surface area contributed by atoms with Gasteiger partial charge in [-0.25, -0.2) is 0 Å². The minimum Gasteiger partial charge on any atom is -0.462 e. The van der Waals surface area contributed by atoms with Crippen LogP contribution in [-0.4, -0.2) is 37.2 Å². The third-order valence-corrected chi connectivity index (χ3v) is 12.3. The normalized spacial score (nSPS) is 12.8. The van der Waals surface area contributed by atoms with Crippen LogP contribution in [0.5, 0.6) is 0 Å². The van der Waals surface area contributed by atoms with Crippen molar-refractivity contribution >= 4 is 17.9 Å². The molecule has 6 nitrogen and oxygen atoms in total. The Labute approximate surface area is 432 Å². The molecule has 0 aromatic carbocycles. The lowest BCUT2D eigenvalue weighted by molar-refractivity contribution is -0.167. The fourth-order valence-electron chi connectivity index (χ4n) is 7.95. The molecular weight excluding hydrogens is 865 g/mol. The molecule has 0 N–H and O–H groups in total. The van der Waals surface area contributed by atoms with E-state index in [-0.39, 0.29) is 31.1 Å². The van der Waals surface area contributed by atoms with Crippen LogP contribution < -0.4 is 0 Å². The highest BCUT2D eigenvalue weighted by molar-refractivity contribution is 5.71. The van der Waals surface area contributed by atoms with Crippen LogP contribution in [0, 0.1) is 0 Å². The second-order valence-electron chi connectivity index (χ2n) is 19.2. The molecule has 0 aromatic heterocycles. The van der Waals surface area contributed by atoms with Gasteiger partial charge < -0.3 is 14.2 Å². The molecule has 0 spiro atoms. The largest absolute Gasteiger partial charge is 0.462 e. The Morgan fingerprint density at radius 1 is 0.300 bits per heavy atom. The number of esters is 3. The number of rotatable bonds is 52. The summed E-state index contributed by atoms with van der Waals surface area (Å²) in [5.74, 6) is -0.907. The number of hydrogen-bond donors (Lipinski definition) is 0. The molecule has 1 atom stereocenters. The van der Waals surface area contributed by atoms with Crippen LogP contribution in [0.2, 0.25) is 0 Å². The summed E-state index contributed by atoms with van der Waals surface area (Å²) in [5.41, 5.74) is 0. The highest BCUT2D eigenvalue weighted by atomic mass is 16.6. The first-order valence-corrected chi connectivity index (χ1v) is 29.2. The van der Waals surface area contributed by atoms with Gasteiger partial charge in [-0.15, -0.1) is 0 Å². The molecule has 0 saturated carbocycles. The second kappa shape index (κ2) is 57.9. The highest BCUT2D eigenvalue weighted by Crippen LogP contribution is 2.15. The van der Waals surface area contributed by atoms with Crippen molar-refractivity contribution in [3.63, 3.8) is 0 Å². The summed E-state index contributed by atoms with van der Waals surface area (Å²) in [6.07, 6.45) is 76.9. The molecular formula is C64H108O6. The topological polar surface area (TPSA) is 78.9 Å². The average Bonchev–Trinajstić information content (AvgIpc) is 3.36. The minimum atomic E-state index is -0.787. The van der Waals surface area contributed by atoms with Gasteiger partial charge in [-0.2, -0.15) is 0 Å². The molecule has 0 amide bonds. The van der Waals surface area contributed by atoms with Crippen LogP contribution in [0.4, 0.5) is 0 Å². The van der Waals surface area contributed by atoms with Gasteiger partial charge in [0.1, 0.15) is 13.2 Å². The van der Waals surface area contributed by atoms with E-state index in [1.807, 2.05) is 0 Å². The summed E-state index contributed by atoms with van der Waals surface area (Å²) in [5, 5.41) is 0. The molecule has 0 aliphatic rings. The van der Waals surface area contributed by atoms with Crippen molar-refractivity contribution in [1.29, 1.82) is 0 Å². The Morgan fingerprint density at radius 2 is 0.557 bits per heavy atom. The van der Waals surface area contributed by atoms with Crippen molar-refractivity contribution in [3.05, 3.63) is 97.2 Å². The molecule has 0 aliphatic heterocycles. The van der Waals surface area contributed by atoms with Gasteiger partial charge in [-0.05, 0) is 103 Å². The van der Waals surface area contributed by atoms with Crippen molar-refractivity contribution in [1.82, 2.24) is 0 Å². The molecule has 0 rings (SSSR count). The molecule has 0 radical (unpaired) electrons. The van der Waals surface area contributed by atoms with Gasteiger partial charge >= 0.3 is 17.9 Å². The zero-order valence-corrected chi connectivity index (χ0v) is 45.8. The fraction of sp³-hybridized carbons (Fsp3) is 0.703. The number of ether oxygens (including phenoxy) is 3. The smallest absolute Gasteiger partial charge is 0.306 e. The van der Waals surface area contributed by atoms with E-state index in [9.17, 15) is 14.4 Å². The molecule has 1 unspecified atom stereocenters. The summed E-state index contributed by atoms with van der Waals surface area (Å²) in [4.78, 5) is 38.1. The van der Waals surface area contributed by atoms with Gasteiger partial charge in [0.15, 0.2) is 6.10 Å². The van der Waals surface area contributed by atoms with Crippen molar-refractivity contribution < 1.29 is 28.6 Å². The van der Waals surface area contributed by atoms with Crippen molar-refractivity contribution in [2.45, 2.75) is 277 Å². The first-order valence-electron chi connectivity index (χ1n) is 29.2. The van der Waals surface area contributed by atoms with E-state index in [0.29, 0.717) is 19.3 Å². The van der Waals surface area contributed by atoms with E-state index in [4.69, 9.17) is 14.2 Å². The van der Waals surface area contributed by atoms with Crippen LogP contribution in [0.25, 0.3) is 0 Å². The van der Waals surface area contributed by atoms with Gasteiger partial charge in [0.2, 0.25) is 0 Å². The molecule has 0 fully saturated rings. The van der Waals surface area contributed by atoms with Gasteiger partial charge in [0.05, 0.1) is 0 Å².